The first-order valence-corrected chi connectivity index (χ1v) is 8.74. The molecule has 0 spiro atoms. The van der Waals surface area contributed by atoms with Gasteiger partial charge in [-0.05, 0) is 49.4 Å². The number of rotatable bonds is 9. The lowest BCUT2D eigenvalue weighted by Crippen LogP contribution is -2.42. The third-order valence-electron chi connectivity index (χ3n) is 3.70. The average molecular weight is 388 g/mol. The van der Waals surface area contributed by atoms with Crippen molar-refractivity contribution in [3.05, 3.63) is 48.0 Å². The van der Waals surface area contributed by atoms with Crippen LogP contribution < -0.4 is 29.8 Å². The van der Waals surface area contributed by atoms with Gasteiger partial charge in [-0.15, -0.1) is 0 Å². The molecule has 0 saturated carbocycles. The third kappa shape index (κ3) is 6.08. The summed E-state index contributed by atoms with van der Waals surface area (Å²) in [5.41, 5.74) is 5.04. The minimum atomic E-state index is -0.467. The Hall–Kier alpha value is -3.42. The van der Waals surface area contributed by atoms with Crippen LogP contribution >= 0.6 is 0 Å². The lowest BCUT2D eigenvalue weighted by atomic mass is 10.2. The van der Waals surface area contributed by atoms with E-state index in [0.29, 0.717) is 29.4 Å². The Balaban J connectivity index is 1.77. The van der Waals surface area contributed by atoms with E-state index < -0.39 is 5.91 Å². The van der Waals surface area contributed by atoms with Crippen LogP contribution in [0.15, 0.2) is 42.5 Å². The molecule has 0 aliphatic carbocycles. The number of ether oxygens (including phenoxy) is 4. The quantitative estimate of drug-likeness (QED) is 0.640. The van der Waals surface area contributed by atoms with Crippen LogP contribution in [0.2, 0.25) is 0 Å². The maximum atomic E-state index is 12.2. The lowest BCUT2D eigenvalue weighted by molar-refractivity contribution is -0.122. The summed E-state index contributed by atoms with van der Waals surface area (Å²) in [6.07, 6.45) is 0.0823. The second kappa shape index (κ2) is 10.7. The first-order valence-electron chi connectivity index (χ1n) is 8.74. The summed E-state index contributed by atoms with van der Waals surface area (Å²) >= 11 is 0. The SMILES string of the molecule is CCOc1ccc(C(=O)NNC(=O)CCOc2ccc(OC)cc2)cc1OC. The number of hydrogen-bond donors (Lipinski definition) is 2. The molecule has 0 radical (unpaired) electrons. The predicted molar refractivity (Wildman–Crippen MR) is 103 cm³/mol. The smallest absolute Gasteiger partial charge is 0.269 e. The maximum Gasteiger partial charge on any atom is 0.269 e. The van der Waals surface area contributed by atoms with Crippen LogP contribution in [0.1, 0.15) is 23.7 Å². The van der Waals surface area contributed by atoms with Gasteiger partial charge in [0, 0.05) is 5.56 Å². The number of carbonyl (C=O) groups excluding carboxylic acids is 2. The normalized spacial score (nSPS) is 9.96. The number of hydrazine groups is 1. The molecule has 0 aliphatic heterocycles. The van der Waals surface area contributed by atoms with Crippen molar-refractivity contribution in [3.8, 4) is 23.0 Å². The Morgan fingerprint density at radius 3 is 2.21 bits per heavy atom. The van der Waals surface area contributed by atoms with E-state index in [9.17, 15) is 9.59 Å². The molecular formula is C20H24N2O6. The van der Waals surface area contributed by atoms with Gasteiger partial charge in [-0.1, -0.05) is 0 Å². The van der Waals surface area contributed by atoms with Crippen molar-refractivity contribution in [1.29, 1.82) is 0 Å². The number of hydrogen-bond acceptors (Lipinski definition) is 6. The van der Waals surface area contributed by atoms with E-state index in [-0.39, 0.29) is 18.9 Å². The Kier molecular flexibility index (Phi) is 7.95. The Morgan fingerprint density at radius 1 is 0.857 bits per heavy atom. The van der Waals surface area contributed by atoms with E-state index in [1.807, 2.05) is 6.92 Å². The number of carbonyl (C=O) groups is 2. The molecule has 2 aromatic rings. The van der Waals surface area contributed by atoms with E-state index in [2.05, 4.69) is 10.9 Å². The second-order valence-corrected chi connectivity index (χ2v) is 5.57. The highest BCUT2D eigenvalue weighted by Crippen LogP contribution is 2.27. The van der Waals surface area contributed by atoms with Crippen molar-refractivity contribution >= 4 is 11.8 Å². The summed E-state index contributed by atoms with van der Waals surface area (Å²) in [4.78, 5) is 24.0. The van der Waals surface area contributed by atoms with Crippen LogP contribution in [0, 0.1) is 0 Å². The van der Waals surface area contributed by atoms with Crippen LogP contribution in [0.4, 0.5) is 0 Å². The van der Waals surface area contributed by atoms with Crippen LogP contribution in [0.25, 0.3) is 0 Å². The first kappa shape index (κ1) is 20.9. The zero-order chi connectivity index (χ0) is 20.4. The van der Waals surface area contributed by atoms with Gasteiger partial charge in [0.05, 0.1) is 33.9 Å². The molecule has 2 rings (SSSR count). The van der Waals surface area contributed by atoms with E-state index in [1.54, 1.807) is 49.6 Å². The average Bonchev–Trinajstić information content (AvgIpc) is 2.73. The van der Waals surface area contributed by atoms with E-state index in [4.69, 9.17) is 18.9 Å². The first-order chi connectivity index (χ1) is 13.6. The van der Waals surface area contributed by atoms with Crippen molar-refractivity contribution in [2.24, 2.45) is 0 Å². The summed E-state index contributed by atoms with van der Waals surface area (Å²) in [6, 6.07) is 11.8. The highest BCUT2D eigenvalue weighted by molar-refractivity contribution is 5.96. The van der Waals surface area contributed by atoms with Gasteiger partial charge in [0.2, 0.25) is 5.91 Å². The molecule has 0 atom stereocenters. The molecule has 28 heavy (non-hydrogen) atoms. The molecule has 0 saturated heterocycles. The molecule has 2 amide bonds. The fourth-order valence-electron chi connectivity index (χ4n) is 2.28. The summed E-state index contributed by atoms with van der Waals surface area (Å²) in [5, 5.41) is 0. The van der Waals surface area contributed by atoms with Gasteiger partial charge in [0.25, 0.3) is 5.91 Å². The van der Waals surface area contributed by atoms with Crippen molar-refractivity contribution in [2.75, 3.05) is 27.4 Å². The van der Waals surface area contributed by atoms with Gasteiger partial charge >= 0.3 is 0 Å². The number of methoxy groups -OCH3 is 2. The lowest BCUT2D eigenvalue weighted by Gasteiger charge is -2.12. The Bertz CT molecular complexity index is 792. The summed E-state index contributed by atoms with van der Waals surface area (Å²) in [7, 11) is 3.07. The van der Waals surface area contributed by atoms with Crippen LogP contribution in [-0.2, 0) is 4.79 Å². The molecule has 0 unspecified atom stereocenters. The molecule has 150 valence electrons. The van der Waals surface area contributed by atoms with Crippen molar-refractivity contribution in [3.63, 3.8) is 0 Å². The maximum absolute atomic E-state index is 12.2. The predicted octanol–water partition coefficient (Wildman–Crippen LogP) is 2.33. The monoisotopic (exact) mass is 388 g/mol. The zero-order valence-corrected chi connectivity index (χ0v) is 16.1. The second-order valence-electron chi connectivity index (χ2n) is 5.57. The van der Waals surface area contributed by atoms with Gasteiger partial charge in [-0.3, -0.25) is 20.4 Å². The molecule has 8 heteroatoms. The largest absolute Gasteiger partial charge is 0.497 e. The number of amides is 2. The molecule has 0 heterocycles. The minimum Gasteiger partial charge on any atom is -0.497 e. The standard InChI is InChI=1S/C20H24N2O6/c1-4-27-17-10-5-14(13-18(17)26-3)20(24)22-21-19(23)11-12-28-16-8-6-15(25-2)7-9-16/h5-10,13H,4,11-12H2,1-3H3,(H,21,23)(H,22,24). The Morgan fingerprint density at radius 2 is 1.57 bits per heavy atom. The zero-order valence-electron chi connectivity index (χ0n) is 16.1. The summed E-state index contributed by atoms with van der Waals surface area (Å²) in [5.74, 6) is 1.48. The van der Waals surface area contributed by atoms with Crippen molar-refractivity contribution in [2.45, 2.75) is 13.3 Å². The van der Waals surface area contributed by atoms with E-state index >= 15 is 0 Å². The van der Waals surface area contributed by atoms with Crippen LogP contribution in [0.5, 0.6) is 23.0 Å². The molecule has 0 fully saturated rings. The van der Waals surface area contributed by atoms with Gasteiger partial charge in [0.15, 0.2) is 11.5 Å². The van der Waals surface area contributed by atoms with E-state index in [0.717, 1.165) is 5.75 Å². The number of nitrogens with one attached hydrogen (secondary N) is 2. The molecule has 2 aromatic carbocycles. The third-order valence-corrected chi connectivity index (χ3v) is 3.70. The van der Waals surface area contributed by atoms with Gasteiger partial charge in [-0.2, -0.15) is 0 Å². The molecule has 0 bridgehead atoms. The van der Waals surface area contributed by atoms with Gasteiger partial charge in [-0.25, -0.2) is 0 Å². The molecular weight excluding hydrogens is 364 g/mol. The fourth-order valence-corrected chi connectivity index (χ4v) is 2.28. The molecule has 0 aromatic heterocycles. The highest BCUT2D eigenvalue weighted by atomic mass is 16.5. The van der Waals surface area contributed by atoms with E-state index in [1.165, 1.54) is 7.11 Å². The molecule has 2 N–H and O–H groups in total. The minimum absolute atomic E-state index is 0.0823. The molecule has 8 nitrogen and oxygen atoms in total. The fraction of sp³-hybridized carbons (Fsp3) is 0.300. The van der Waals surface area contributed by atoms with Crippen molar-refractivity contribution in [1.82, 2.24) is 10.9 Å². The molecule has 0 aliphatic rings. The summed E-state index contributed by atoms with van der Waals surface area (Å²) < 4.78 is 21.2. The highest BCUT2D eigenvalue weighted by Gasteiger charge is 2.12. The van der Waals surface area contributed by atoms with Crippen LogP contribution in [0.3, 0.4) is 0 Å². The topological polar surface area (TPSA) is 95.1 Å². The Labute approximate surface area is 163 Å². The van der Waals surface area contributed by atoms with Crippen molar-refractivity contribution < 1.29 is 28.5 Å². The number of benzene rings is 2. The van der Waals surface area contributed by atoms with Crippen LogP contribution in [-0.4, -0.2) is 39.2 Å². The van der Waals surface area contributed by atoms with Gasteiger partial charge < -0.3 is 18.9 Å². The van der Waals surface area contributed by atoms with Gasteiger partial charge in [0.1, 0.15) is 11.5 Å². The summed E-state index contributed by atoms with van der Waals surface area (Å²) in [6.45, 7) is 2.51.